The first-order valence-electron chi connectivity index (χ1n) is 6.59. The number of rotatable bonds is 7. The van der Waals surface area contributed by atoms with Gasteiger partial charge in [-0.15, -0.1) is 0 Å². The zero-order valence-electron chi connectivity index (χ0n) is 11.8. The molecule has 0 saturated heterocycles. The smallest absolute Gasteiger partial charge is 0.166 e. The summed E-state index contributed by atoms with van der Waals surface area (Å²) < 4.78 is 11.0. The van der Waals surface area contributed by atoms with Crippen molar-refractivity contribution in [1.29, 1.82) is 0 Å². The number of nitrogens with zero attached hydrogens (tertiary/aromatic N) is 2. The Morgan fingerprint density at radius 2 is 2.00 bits per heavy atom. The van der Waals surface area contributed by atoms with E-state index in [9.17, 15) is 0 Å². The largest absolute Gasteiger partial charge is 0.497 e. The lowest BCUT2D eigenvalue weighted by Crippen LogP contribution is -2.13. The number of aromatic nitrogens is 2. The Balaban J connectivity index is 2.09. The van der Waals surface area contributed by atoms with E-state index in [0.29, 0.717) is 12.4 Å². The molecule has 106 valence electrons. The molecule has 0 amide bonds. The summed E-state index contributed by atoms with van der Waals surface area (Å²) in [7, 11) is 1.66. The topological polar surface area (TPSA) is 56.3 Å². The minimum absolute atomic E-state index is 0.353. The molecule has 0 saturated carbocycles. The van der Waals surface area contributed by atoms with Crippen LogP contribution in [0.2, 0.25) is 0 Å². The second-order valence-corrected chi connectivity index (χ2v) is 4.21. The Labute approximate surface area is 119 Å². The van der Waals surface area contributed by atoms with Crippen LogP contribution in [-0.4, -0.2) is 23.6 Å². The van der Waals surface area contributed by atoms with Crippen molar-refractivity contribution in [3.63, 3.8) is 0 Å². The maximum atomic E-state index is 5.80. The van der Waals surface area contributed by atoms with Crippen molar-refractivity contribution in [1.82, 2.24) is 15.3 Å². The molecule has 5 nitrogen and oxygen atoms in total. The van der Waals surface area contributed by atoms with Crippen LogP contribution in [-0.2, 0) is 13.2 Å². The number of hydrogen-bond donors (Lipinski definition) is 1. The molecule has 0 aliphatic carbocycles. The summed E-state index contributed by atoms with van der Waals surface area (Å²) in [4.78, 5) is 8.29. The van der Waals surface area contributed by atoms with Gasteiger partial charge in [0.05, 0.1) is 7.11 Å². The molecule has 2 rings (SSSR count). The summed E-state index contributed by atoms with van der Waals surface area (Å²) in [6, 6.07) is 7.56. The molecule has 20 heavy (non-hydrogen) atoms. The third-order valence-corrected chi connectivity index (χ3v) is 2.81. The van der Waals surface area contributed by atoms with Crippen LogP contribution in [0.4, 0.5) is 0 Å². The van der Waals surface area contributed by atoms with Crippen molar-refractivity contribution in [3.8, 4) is 11.5 Å². The molecule has 5 heteroatoms. The summed E-state index contributed by atoms with van der Waals surface area (Å²) in [6.07, 6.45) is 3.42. The second-order valence-electron chi connectivity index (χ2n) is 4.21. The van der Waals surface area contributed by atoms with E-state index >= 15 is 0 Å². The maximum absolute atomic E-state index is 5.80. The monoisotopic (exact) mass is 273 g/mol. The first-order valence-corrected chi connectivity index (χ1v) is 6.59. The molecule has 1 aromatic carbocycles. The third kappa shape index (κ3) is 3.93. The summed E-state index contributed by atoms with van der Waals surface area (Å²) in [5.41, 5.74) is 1.06. The molecule has 2 aromatic rings. The van der Waals surface area contributed by atoms with E-state index in [-0.39, 0.29) is 0 Å². The van der Waals surface area contributed by atoms with Crippen molar-refractivity contribution in [2.45, 2.75) is 20.1 Å². The van der Waals surface area contributed by atoms with E-state index in [2.05, 4.69) is 22.2 Å². The lowest BCUT2D eigenvalue weighted by Gasteiger charge is -2.12. The predicted octanol–water partition coefficient (Wildman–Crippen LogP) is 2.17. The Kier molecular flexibility index (Phi) is 5.32. The number of methoxy groups -OCH3 is 1. The van der Waals surface area contributed by atoms with Crippen molar-refractivity contribution >= 4 is 0 Å². The van der Waals surface area contributed by atoms with Gasteiger partial charge in [-0.3, -0.25) is 0 Å². The molecule has 0 unspecified atom stereocenters. The van der Waals surface area contributed by atoms with Gasteiger partial charge in [0.1, 0.15) is 18.1 Å². The first-order chi connectivity index (χ1) is 9.83. The lowest BCUT2D eigenvalue weighted by molar-refractivity contribution is 0.291. The van der Waals surface area contributed by atoms with Crippen LogP contribution in [0.15, 0.2) is 36.7 Å². The Bertz CT molecular complexity index is 532. The molecule has 1 heterocycles. The Morgan fingerprint density at radius 3 is 2.70 bits per heavy atom. The molecule has 1 aromatic heterocycles. The minimum Gasteiger partial charge on any atom is -0.497 e. The minimum atomic E-state index is 0.353. The molecule has 0 fully saturated rings. The van der Waals surface area contributed by atoms with Crippen LogP contribution in [0, 0.1) is 0 Å². The molecule has 0 spiro atoms. The summed E-state index contributed by atoms with van der Waals surface area (Å²) in [5.74, 6) is 2.30. The fraction of sp³-hybridized carbons (Fsp3) is 0.333. The molecule has 0 bridgehead atoms. The van der Waals surface area contributed by atoms with E-state index < -0.39 is 0 Å². The predicted molar refractivity (Wildman–Crippen MR) is 76.7 cm³/mol. The van der Waals surface area contributed by atoms with E-state index in [1.54, 1.807) is 25.6 Å². The van der Waals surface area contributed by atoms with E-state index in [4.69, 9.17) is 9.47 Å². The van der Waals surface area contributed by atoms with Crippen molar-refractivity contribution in [3.05, 3.63) is 48.0 Å². The molecule has 0 aliphatic heterocycles. The molecule has 0 atom stereocenters. The van der Waals surface area contributed by atoms with Gasteiger partial charge in [-0.2, -0.15) is 0 Å². The van der Waals surface area contributed by atoms with Gasteiger partial charge in [-0.25, -0.2) is 9.97 Å². The van der Waals surface area contributed by atoms with Crippen LogP contribution in [0.3, 0.4) is 0 Å². The van der Waals surface area contributed by atoms with Gasteiger partial charge in [-0.05, 0) is 30.8 Å². The molecule has 0 aliphatic rings. The van der Waals surface area contributed by atoms with Gasteiger partial charge in [0.15, 0.2) is 5.82 Å². The molecule has 0 radical (unpaired) electrons. The fourth-order valence-corrected chi connectivity index (χ4v) is 1.77. The van der Waals surface area contributed by atoms with Crippen LogP contribution in [0.1, 0.15) is 18.3 Å². The average molecular weight is 273 g/mol. The SMILES string of the molecule is CCNCc1cc(OC)ccc1OCc1ncccn1. The van der Waals surface area contributed by atoms with Gasteiger partial charge >= 0.3 is 0 Å². The second kappa shape index (κ2) is 7.45. The van der Waals surface area contributed by atoms with E-state index in [0.717, 1.165) is 30.2 Å². The van der Waals surface area contributed by atoms with Crippen molar-refractivity contribution in [2.24, 2.45) is 0 Å². The van der Waals surface area contributed by atoms with Crippen molar-refractivity contribution in [2.75, 3.05) is 13.7 Å². The number of hydrogen-bond acceptors (Lipinski definition) is 5. The van der Waals surface area contributed by atoms with Crippen molar-refractivity contribution < 1.29 is 9.47 Å². The van der Waals surface area contributed by atoms with Crippen LogP contribution in [0.25, 0.3) is 0 Å². The van der Waals surface area contributed by atoms with Gasteiger partial charge in [0.25, 0.3) is 0 Å². The first kappa shape index (κ1) is 14.3. The number of nitrogens with one attached hydrogen (secondary N) is 1. The van der Waals surface area contributed by atoms with E-state index in [1.165, 1.54) is 0 Å². The average Bonchev–Trinajstić information content (AvgIpc) is 2.52. The van der Waals surface area contributed by atoms with E-state index in [1.807, 2.05) is 18.2 Å². The Hall–Kier alpha value is -2.14. The highest BCUT2D eigenvalue weighted by molar-refractivity contribution is 5.40. The summed E-state index contributed by atoms with van der Waals surface area (Å²) in [6.45, 7) is 4.06. The molecular weight excluding hydrogens is 254 g/mol. The van der Waals surface area contributed by atoms with Gasteiger partial charge in [-0.1, -0.05) is 6.92 Å². The normalized spacial score (nSPS) is 10.3. The van der Waals surface area contributed by atoms with Gasteiger partial charge in [0, 0.05) is 24.5 Å². The zero-order chi connectivity index (χ0) is 14.2. The highest BCUT2D eigenvalue weighted by Gasteiger charge is 2.06. The highest BCUT2D eigenvalue weighted by atomic mass is 16.5. The van der Waals surface area contributed by atoms with Gasteiger partial charge in [0.2, 0.25) is 0 Å². The highest BCUT2D eigenvalue weighted by Crippen LogP contribution is 2.24. The summed E-state index contributed by atoms with van der Waals surface area (Å²) in [5, 5.41) is 3.29. The van der Waals surface area contributed by atoms with Crippen LogP contribution in [0.5, 0.6) is 11.5 Å². The number of ether oxygens (including phenoxy) is 2. The molecule has 1 N–H and O–H groups in total. The summed E-state index contributed by atoms with van der Waals surface area (Å²) >= 11 is 0. The van der Waals surface area contributed by atoms with Crippen LogP contribution < -0.4 is 14.8 Å². The zero-order valence-corrected chi connectivity index (χ0v) is 11.8. The third-order valence-electron chi connectivity index (χ3n) is 2.81. The van der Waals surface area contributed by atoms with Crippen LogP contribution >= 0.6 is 0 Å². The lowest BCUT2D eigenvalue weighted by atomic mass is 10.2. The maximum Gasteiger partial charge on any atom is 0.166 e. The van der Waals surface area contributed by atoms with Gasteiger partial charge < -0.3 is 14.8 Å². The fourth-order valence-electron chi connectivity index (χ4n) is 1.77. The quantitative estimate of drug-likeness (QED) is 0.838. The molecular formula is C15H19N3O2. The Morgan fingerprint density at radius 1 is 1.20 bits per heavy atom. The standard InChI is InChI=1S/C15H19N3O2/c1-3-16-10-12-9-13(19-2)5-6-14(12)20-11-15-17-7-4-8-18-15/h4-9,16H,3,10-11H2,1-2H3. The number of benzene rings is 1.